The van der Waals surface area contributed by atoms with Crippen LogP contribution in [-0.4, -0.2) is 37.5 Å². The van der Waals surface area contributed by atoms with Crippen molar-refractivity contribution < 1.29 is 19.1 Å². The summed E-state index contributed by atoms with van der Waals surface area (Å²) in [6.45, 7) is 5.58. The first-order chi connectivity index (χ1) is 19.6. The summed E-state index contributed by atoms with van der Waals surface area (Å²) < 4.78 is 11.3. The van der Waals surface area contributed by atoms with Gasteiger partial charge in [-0.1, -0.05) is 57.0 Å². The van der Waals surface area contributed by atoms with Gasteiger partial charge in [-0.15, -0.1) is 0 Å². The minimum Gasteiger partial charge on any atom is -0.494 e. The molecule has 8 nitrogen and oxygen atoms in total. The van der Waals surface area contributed by atoms with Crippen LogP contribution in [0.2, 0.25) is 0 Å². The summed E-state index contributed by atoms with van der Waals surface area (Å²) in [7, 11) is 0. The summed E-state index contributed by atoms with van der Waals surface area (Å²) in [6.07, 6.45) is 7.40. The van der Waals surface area contributed by atoms with Crippen molar-refractivity contribution >= 4 is 24.2 Å². The topological polar surface area (TPSA) is 101 Å². The molecular formula is C32H38N4O4. The number of unbranched alkanes of at least 4 members (excludes halogenated alkanes) is 2. The van der Waals surface area contributed by atoms with Gasteiger partial charge < -0.3 is 9.47 Å². The van der Waals surface area contributed by atoms with Gasteiger partial charge in [0, 0.05) is 0 Å². The van der Waals surface area contributed by atoms with E-state index in [2.05, 4.69) is 34.9 Å². The first-order valence-electron chi connectivity index (χ1n) is 13.7. The molecule has 0 aliphatic rings. The molecule has 2 N–H and O–H groups in total. The van der Waals surface area contributed by atoms with Crippen molar-refractivity contribution in [2.75, 3.05) is 13.2 Å². The average molecular weight is 543 g/mol. The quantitative estimate of drug-likeness (QED) is 0.108. The molecule has 3 aromatic carbocycles. The van der Waals surface area contributed by atoms with Gasteiger partial charge >= 0.3 is 0 Å². The van der Waals surface area contributed by atoms with Crippen LogP contribution in [0.15, 0.2) is 89.1 Å². The van der Waals surface area contributed by atoms with E-state index in [0.717, 1.165) is 53.9 Å². The molecule has 3 aromatic rings. The van der Waals surface area contributed by atoms with E-state index in [4.69, 9.17) is 9.47 Å². The van der Waals surface area contributed by atoms with Crippen molar-refractivity contribution in [2.45, 2.75) is 46.0 Å². The number of benzene rings is 3. The van der Waals surface area contributed by atoms with E-state index in [1.807, 2.05) is 78.9 Å². The number of nitrogens with zero attached hydrogens (tertiary/aromatic N) is 2. The van der Waals surface area contributed by atoms with Crippen molar-refractivity contribution in [1.82, 2.24) is 10.9 Å². The van der Waals surface area contributed by atoms with Crippen molar-refractivity contribution in [1.29, 1.82) is 0 Å². The van der Waals surface area contributed by atoms with Crippen molar-refractivity contribution in [3.8, 4) is 11.5 Å². The number of amides is 2. The molecule has 8 heteroatoms. The molecule has 0 aliphatic carbocycles. The Bertz CT molecular complexity index is 1150. The molecule has 0 saturated heterocycles. The van der Waals surface area contributed by atoms with Crippen LogP contribution in [0.5, 0.6) is 11.5 Å². The number of nitrogens with one attached hydrogen (secondary N) is 2. The molecule has 3 rings (SSSR count). The zero-order chi connectivity index (χ0) is 28.4. The van der Waals surface area contributed by atoms with Crippen LogP contribution >= 0.6 is 0 Å². The second-order valence-corrected chi connectivity index (χ2v) is 9.25. The molecule has 0 aromatic heterocycles. The Morgan fingerprint density at radius 1 is 0.700 bits per heavy atom. The normalized spacial score (nSPS) is 11.2. The highest BCUT2D eigenvalue weighted by molar-refractivity contribution is 6.01. The van der Waals surface area contributed by atoms with E-state index in [9.17, 15) is 9.59 Å². The predicted octanol–water partition coefficient (Wildman–Crippen LogP) is 5.50. The summed E-state index contributed by atoms with van der Waals surface area (Å²) in [5.41, 5.74) is 7.42. The second-order valence-electron chi connectivity index (χ2n) is 9.25. The average Bonchev–Trinajstić information content (AvgIpc) is 2.98. The van der Waals surface area contributed by atoms with E-state index >= 15 is 0 Å². The summed E-state index contributed by atoms with van der Waals surface area (Å²) >= 11 is 0. The highest BCUT2D eigenvalue weighted by Crippen LogP contribution is 2.13. The number of hydrogen-bond donors (Lipinski definition) is 2. The first-order valence-corrected chi connectivity index (χ1v) is 13.7. The van der Waals surface area contributed by atoms with Crippen molar-refractivity contribution in [2.24, 2.45) is 16.1 Å². The molecule has 0 saturated carbocycles. The van der Waals surface area contributed by atoms with Crippen LogP contribution in [0.25, 0.3) is 0 Å². The molecule has 0 spiro atoms. The fraction of sp³-hybridized carbons (Fsp3) is 0.312. The zero-order valence-electron chi connectivity index (χ0n) is 23.2. The largest absolute Gasteiger partial charge is 0.494 e. The molecule has 210 valence electrons. The lowest BCUT2D eigenvalue weighted by Gasteiger charge is -2.13. The molecule has 0 bridgehead atoms. The van der Waals surface area contributed by atoms with Gasteiger partial charge in [0.15, 0.2) is 0 Å². The molecule has 0 aliphatic heterocycles. The highest BCUT2D eigenvalue weighted by Gasteiger charge is 2.26. The molecule has 0 radical (unpaired) electrons. The molecule has 40 heavy (non-hydrogen) atoms. The van der Waals surface area contributed by atoms with Gasteiger partial charge in [-0.25, -0.2) is 10.9 Å². The van der Waals surface area contributed by atoms with Crippen LogP contribution in [0, 0.1) is 5.92 Å². The minimum atomic E-state index is -1.03. The SMILES string of the molecule is CCCCOc1ccc(/C=N/NC(=O)C(Cc2ccccc2)C(=O)N/N=C/c2ccc(OCCCC)cc2)cc1. The maximum absolute atomic E-state index is 13.0. The smallest absolute Gasteiger partial charge is 0.253 e. The predicted molar refractivity (Wildman–Crippen MR) is 159 cm³/mol. The summed E-state index contributed by atoms with van der Waals surface area (Å²) in [4.78, 5) is 26.0. The van der Waals surface area contributed by atoms with Gasteiger partial charge in [0.05, 0.1) is 25.6 Å². The van der Waals surface area contributed by atoms with Gasteiger partial charge in [-0.2, -0.15) is 10.2 Å². The number of hydrazone groups is 2. The lowest BCUT2D eigenvalue weighted by molar-refractivity contribution is -0.135. The molecule has 0 unspecified atom stereocenters. The standard InChI is InChI=1S/C32H38N4O4/c1-3-5-20-39-28-16-12-26(13-17-28)23-33-35-31(37)30(22-25-10-8-7-9-11-25)32(38)36-34-24-27-14-18-29(19-15-27)40-21-6-4-2/h7-19,23-24,30H,3-6,20-22H2,1-2H3,(H,35,37)(H,36,38)/b33-23+,34-24+. The Hall–Kier alpha value is -4.46. The number of carbonyl (C=O) groups is 2. The maximum atomic E-state index is 13.0. The third-order valence-electron chi connectivity index (χ3n) is 5.99. The number of hydrogen-bond acceptors (Lipinski definition) is 6. The third-order valence-corrected chi connectivity index (χ3v) is 5.99. The third kappa shape index (κ3) is 10.7. The maximum Gasteiger partial charge on any atom is 0.253 e. The molecule has 0 fully saturated rings. The molecule has 0 heterocycles. The van der Waals surface area contributed by atoms with Gasteiger partial charge in [-0.3, -0.25) is 9.59 Å². The second kappa shape index (κ2) is 17.2. The van der Waals surface area contributed by atoms with Gasteiger partial charge in [-0.05, 0) is 84.5 Å². The monoisotopic (exact) mass is 542 g/mol. The van der Waals surface area contributed by atoms with Crippen LogP contribution in [0.4, 0.5) is 0 Å². The highest BCUT2D eigenvalue weighted by atomic mass is 16.5. The van der Waals surface area contributed by atoms with Gasteiger partial charge in [0.25, 0.3) is 11.8 Å². The summed E-state index contributed by atoms with van der Waals surface area (Å²) in [6, 6.07) is 24.2. The Morgan fingerprint density at radius 2 is 1.15 bits per heavy atom. The number of carbonyl (C=O) groups excluding carboxylic acids is 2. The number of rotatable bonds is 16. The molecular weight excluding hydrogens is 504 g/mol. The molecule has 2 amide bonds. The van der Waals surface area contributed by atoms with Crippen molar-refractivity contribution in [3.05, 3.63) is 95.6 Å². The van der Waals surface area contributed by atoms with Gasteiger partial charge in [0.2, 0.25) is 0 Å². The van der Waals surface area contributed by atoms with E-state index in [-0.39, 0.29) is 6.42 Å². The summed E-state index contributed by atoms with van der Waals surface area (Å²) in [5, 5.41) is 8.12. The molecule has 0 atom stereocenters. The fourth-order valence-corrected chi connectivity index (χ4v) is 3.62. The van der Waals surface area contributed by atoms with E-state index in [1.165, 1.54) is 12.4 Å². The summed E-state index contributed by atoms with van der Waals surface area (Å²) in [5.74, 6) is -0.515. The lowest BCUT2D eigenvalue weighted by atomic mass is 9.98. The van der Waals surface area contributed by atoms with Crippen LogP contribution in [-0.2, 0) is 16.0 Å². The zero-order valence-corrected chi connectivity index (χ0v) is 23.2. The van der Waals surface area contributed by atoms with Crippen LogP contribution in [0.1, 0.15) is 56.2 Å². The first kappa shape index (κ1) is 30.1. The fourth-order valence-electron chi connectivity index (χ4n) is 3.62. The van der Waals surface area contributed by atoms with E-state index < -0.39 is 17.7 Å². The van der Waals surface area contributed by atoms with Crippen molar-refractivity contribution in [3.63, 3.8) is 0 Å². The van der Waals surface area contributed by atoms with Gasteiger partial charge in [0.1, 0.15) is 17.4 Å². The minimum absolute atomic E-state index is 0.205. The van der Waals surface area contributed by atoms with Crippen LogP contribution < -0.4 is 20.3 Å². The Labute approximate surface area is 236 Å². The Morgan fingerprint density at radius 3 is 1.57 bits per heavy atom. The Balaban J connectivity index is 1.58. The van der Waals surface area contributed by atoms with E-state index in [0.29, 0.717) is 13.2 Å². The lowest BCUT2D eigenvalue weighted by Crippen LogP contribution is -2.39. The van der Waals surface area contributed by atoms with E-state index in [1.54, 1.807) is 0 Å². The Kier molecular flexibility index (Phi) is 12.9. The van der Waals surface area contributed by atoms with Crippen LogP contribution in [0.3, 0.4) is 0 Å². The number of ether oxygens (including phenoxy) is 2.